The number of carbonyl (C=O) groups excluding carboxylic acids is 2. The molecule has 0 atom stereocenters. The lowest BCUT2D eigenvalue weighted by Crippen LogP contribution is -2.05. The quantitative estimate of drug-likeness (QED) is 0.752. The van der Waals surface area contributed by atoms with Crippen molar-refractivity contribution in [2.24, 2.45) is 0 Å². The van der Waals surface area contributed by atoms with Crippen molar-refractivity contribution >= 4 is 22.3 Å². The smallest absolute Gasteiger partial charge is 0.234 e. The molecule has 2 heteroatoms. The standard InChI is InChI=1S/C16H14O2/c1-3-9-5-7-11-14-12(16(18)15(11)17)8-6-10(4-2)13(9)14/h5-8H,3-4H2,1-2H3. The van der Waals surface area contributed by atoms with Crippen molar-refractivity contribution in [2.75, 3.05) is 0 Å². The molecule has 0 heterocycles. The molecule has 2 aromatic carbocycles. The van der Waals surface area contributed by atoms with E-state index >= 15 is 0 Å². The van der Waals surface area contributed by atoms with Crippen LogP contribution in [-0.4, -0.2) is 11.6 Å². The summed E-state index contributed by atoms with van der Waals surface area (Å²) in [6.45, 7) is 4.20. The third kappa shape index (κ3) is 1.23. The van der Waals surface area contributed by atoms with Gasteiger partial charge in [0, 0.05) is 16.5 Å². The Balaban J connectivity index is 2.54. The molecule has 0 unspecified atom stereocenters. The van der Waals surface area contributed by atoms with Crippen molar-refractivity contribution < 1.29 is 9.59 Å². The van der Waals surface area contributed by atoms with E-state index in [1.54, 1.807) is 12.1 Å². The van der Waals surface area contributed by atoms with Crippen LogP contribution in [0.1, 0.15) is 45.7 Å². The summed E-state index contributed by atoms with van der Waals surface area (Å²) in [7, 11) is 0. The zero-order chi connectivity index (χ0) is 12.9. The van der Waals surface area contributed by atoms with Crippen molar-refractivity contribution in [3.05, 3.63) is 46.5 Å². The Hall–Kier alpha value is -1.96. The number of carbonyl (C=O) groups is 2. The molecular formula is C16H14O2. The van der Waals surface area contributed by atoms with Gasteiger partial charge >= 0.3 is 0 Å². The fraction of sp³-hybridized carbons (Fsp3) is 0.250. The molecule has 90 valence electrons. The summed E-state index contributed by atoms with van der Waals surface area (Å²) in [5.74, 6) is -0.711. The van der Waals surface area contributed by atoms with Gasteiger partial charge in [0.15, 0.2) is 0 Å². The van der Waals surface area contributed by atoms with Gasteiger partial charge in [0.1, 0.15) is 0 Å². The van der Waals surface area contributed by atoms with E-state index in [1.165, 1.54) is 11.1 Å². The Kier molecular flexibility index (Phi) is 2.34. The molecule has 1 aliphatic rings. The molecule has 0 aromatic heterocycles. The summed E-state index contributed by atoms with van der Waals surface area (Å²) in [5, 5.41) is 2.00. The van der Waals surface area contributed by atoms with Gasteiger partial charge < -0.3 is 0 Å². The highest BCUT2D eigenvalue weighted by molar-refractivity contribution is 6.57. The Morgan fingerprint density at radius 1 is 0.722 bits per heavy atom. The number of Topliss-reactive ketones (excluding diaryl/α,β-unsaturated/α-hetero) is 2. The molecule has 0 saturated carbocycles. The second-order valence-electron chi connectivity index (χ2n) is 4.66. The fourth-order valence-electron chi connectivity index (χ4n) is 2.86. The zero-order valence-corrected chi connectivity index (χ0v) is 10.5. The number of hydrogen-bond donors (Lipinski definition) is 0. The van der Waals surface area contributed by atoms with E-state index in [1.807, 2.05) is 12.1 Å². The second-order valence-corrected chi connectivity index (χ2v) is 4.66. The van der Waals surface area contributed by atoms with Gasteiger partial charge in [0.05, 0.1) is 0 Å². The molecule has 0 spiro atoms. The molecule has 18 heavy (non-hydrogen) atoms. The zero-order valence-electron chi connectivity index (χ0n) is 10.5. The van der Waals surface area contributed by atoms with Crippen molar-refractivity contribution in [2.45, 2.75) is 26.7 Å². The van der Waals surface area contributed by atoms with Crippen LogP contribution in [0.15, 0.2) is 24.3 Å². The molecule has 2 aromatic rings. The van der Waals surface area contributed by atoms with Crippen molar-refractivity contribution in [3.63, 3.8) is 0 Å². The Morgan fingerprint density at radius 2 is 1.17 bits per heavy atom. The highest BCUT2D eigenvalue weighted by atomic mass is 16.2. The lowest BCUT2D eigenvalue weighted by atomic mass is 9.93. The topological polar surface area (TPSA) is 34.1 Å². The Bertz CT molecular complexity index is 639. The summed E-state index contributed by atoms with van der Waals surface area (Å²) < 4.78 is 0. The molecule has 0 N–H and O–H groups in total. The molecule has 3 rings (SSSR count). The molecule has 0 radical (unpaired) electrons. The van der Waals surface area contributed by atoms with Crippen LogP contribution < -0.4 is 0 Å². The number of ketones is 2. The van der Waals surface area contributed by atoms with Crippen LogP contribution >= 0.6 is 0 Å². The second kappa shape index (κ2) is 3.77. The van der Waals surface area contributed by atoms with Crippen molar-refractivity contribution in [1.29, 1.82) is 0 Å². The van der Waals surface area contributed by atoms with Gasteiger partial charge in [-0.15, -0.1) is 0 Å². The minimum absolute atomic E-state index is 0.356. The van der Waals surface area contributed by atoms with E-state index in [2.05, 4.69) is 13.8 Å². The van der Waals surface area contributed by atoms with E-state index in [-0.39, 0.29) is 11.6 Å². The maximum atomic E-state index is 11.9. The van der Waals surface area contributed by atoms with Gasteiger partial charge in [-0.1, -0.05) is 26.0 Å². The maximum Gasteiger partial charge on any atom is 0.234 e. The number of hydrogen-bond acceptors (Lipinski definition) is 2. The molecule has 0 amide bonds. The molecule has 1 aliphatic carbocycles. The first-order valence-electron chi connectivity index (χ1n) is 6.35. The van der Waals surface area contributed by atoms with Gasteiger partial charge in [0.2, 0.25) is 11.6 Å². The summed E-state index contributed by atoms with van der Waals surface area (Å²) in [5.41, 5.74) is 3.60. The van der Waals surface area contributed by atoms with Gasteiger partial charge in [-0.3, -0.25) is 9.59 Å². The van der Waals surface area contributed by atoms with Crippen LogP contribution in [0.5, 0.6) is 0 Å². The third-order valence-corrected chi connectivity index (χ3v) is 3.79. The van der Waals surface area contributed by atoms with Crippen LogP contribution in [0.3, 0.4) is 0 Å². The monoisotopic (exact) mass is 238 g/mol. The minimum Gasteiger partial charge on any atom is -0.285 e. The summed E-state index contributed by atoms with van der Waals surface area (Å²) in [6, 6.07) is 7.57. The van der Waals surface area contributed by atoms with E-state index < -0.39 is 0 Å². The molecular weight excluding hydrogens is 224 g/mol. The first kappa shape index (κ1) is 11.1. The summed E-state index contributed by atoms with van der Waals surface area (Å²) in [6.07, 6.45) is 1.82. The van der Waals surface area contributed by atoms with Crippen LogP contribution in [0, 0.1) is 0 Å². The molecule has 2 nitrogen and oxygen atoms in total. The number of rotatable bonds is 2. The molecule has 0 bridgehead atoms. The molecule has 0 aliphatic heterocycles. The SMILES string of the molecule is CCc1ccc2c3c(ccc(CC)c13)C(=O)C2=O. The summed E-state index contributed by atoms with van der Waals surface area (Å²) in [4.78, 5) is 23.9. The highest BCUT2D eigenvalue weighted by Crippen LogP contribution is 2.35. The van der Waals surface area contributed by atoms with E-state index in [9.17, 15) is 9.59 Å². The lowest BCUT2D eigenvalue weighted by molar-refractivity contribution is 0.0825. The first-order chi connectivity index (χ1) is 8.69. The lowest BCUT2D eigenvalue weighted by Gasteiger charge is -2.10. The maximum absolute atomic E-state index is 11.9. The largest absolute Gasteiger partial charge is 0.285 e. The van der Waals surface area contributed by atoms with Gasteiger partial charge in [0.25, 0.3) is 0 Å². The molecule has 0 saturated heterocycles. The molecule has 0 fully saturated rings. The third-order valence-electron chi connectivity index (χ3n) is 3.79. The van der Waals surface area contributed by atoms with Gasteiger partial charge in [-0.25, -0.2) is 0 Å². The normalized spacial score (nSPS) is 13.7. The van der Waals surface area contributed by atoms with Crippen LogP contribution in [0.4, 0.5) is 0 Å². The minimum atomic E-state index is -0.356. The number of benzene rings is 2. The Labute approximate surface area is 106 Å². The predicted octanol–water partition coefficient (Wildman–Crippen LogP) is 3.34. The van der Waals surface area contributed by atoms with E-state index in [4.69, 9.17) is 0 Å². The average Bonchev–Trinajstić information content (AvgIpc) is 2.66. The van der Waals surface area contributed by atoms with E-state index in [0.717, 1.165) is 23.6 Å². The average molecular weight is 238 g/mol. The Morgan fingerprint density at radius 3 is 1.56 bits per heavy atom. The van der Waals surface area contributed by atoms with Gasteiger partial charge in [-0.05, 0) is 41.5 Å². The van der Waals surface area contributed by atoms with Gasteiger partial charge in [-0.2, -0.15) is 0 Å². The summed E-state index contributed by atoms with van der Waals surface area (Å²) >= 11 is 0. The van der Waals surface area contributed by atoms with Crippen molar-refractivity contribution in [3.8, 4) is 0 Å². The number of aryl methyl sites for hydroxylation is 2. The fourth-order valence-corrected chi connectivity index (χ4v) is 2.86. The van der Waals surface area contributed by atoms with Crippen molar-refractivity contribution in [1.82, 2.24) is 0 Å². The van der Waals surface area contributed by atoms with Crippen LogP contribution in [-0.2, 0) is 12.8 Å². The first-order valence-corrected chi connectivity index (χ1v) is 6.35. The van der Waals surface area contributed by atoms with Crippen LogP contribution in [0.25, 0.3) is 10.8 Å². The van der Waals surface area contributed by atoms with E-state index in [0.29, 0.717) is 11.1 Å². The highest BCUT2D eigenvalue weighted by Gasteiger charge is 2.31. The predicted molar refractivity (Wildman–Crippen MR) is 71.4 cm³/mol. The van der Waals surface area contributed by atoms with Crippen LogP contribution in [0.2, 0.25) is 0 Å².